The van der Waals surface area contributed by atoms with Crippen molar-refractivity contribution in [2.75, 3.05) is 6.54 Å². The van der Waals surface area contributed by atoms with Gasteiger partial charge in [0.1, 0.15) is 12.0 Å². The molecule has 0 aliphatic carbocycles. The molecule has 0 amide bonds. The summed E-state index contributed by atoms with van der Waals surface area (Å²) in [7, 11) is 0. The van der Waals surface area contributed by atoms with Gasteiger partial charge >= 0.3 is 0 Å². The van der Waals surface area contributed by atoms with Crippen molar-refractivity contribution in [1.82, 2.24) is 0 Å². The lowest BCUT2D eigenvalue weighted by atomic mass is 10.1. The number of nitrogens with two attached hydrogens (primary N) is 1. The molecule has 1 aromatic carbocycles. The van der Waals surface area contributed by atoms with E-state index in [4.69, 9.17) is 5.73 Å². The van der Waals surface area contributed by atoms with Crippen LogP contribution in [0.25, 0.3) is 0 Å². The molecule has 0 fully saturated rings. The van der Waals surface area contributed by atoms with Gasteiger partial charge in [0.05, 0.1) is 0 Å². The van der Waals surface area contributed by atoms with Crippen LogP contribution in [0, 0.1) is 5.82 Å². The van der Waals surface area contributed by atoms with Gasteiger partial charge in [-0.3, -0.25) is 0 Å². The highest BCUT2D eigenvalue weighted by atomic mass is 19.1. The molecule has 1 aromatic rings. The third kappa shape index (κ3) is 2.58. The van der Waals surface area contributed by atoms with Crippen LogP contribution in [-0.2, 0) is 6.42 Å². The van der Waals surface area contributed by atoms with Gasteiger partial charge in [-0.15, -0.1) is 0 Å². The largest absolute Gasteiger partial charge is 0.328 e. The quantitative estimate of drug-likeness (QED) is 0.735. The number of halogens is 2. The highest BCUT2D eigenvalue weighted by Crippen LogP contribution is 2.06. The van der Waals surface area contributed by atoms with E-state index >= 15 is 0 Å². The molecule has 1 rings (SSSR count). The molecule has 0 aliphatic rings. The van der Waals surface area contributed by atoms with Crippen molar-refractivity contribution in [2.24, 2.45) is 5.73 Å². The minimum Gasteiger partial charge on any atom is -0.328 e. The Morgan fingerprint density at radius 1 is 1.25 bits per heavy atom. The number of hydrogen-bond donors (Lipinski definition) is 1. The summed E-state index contributed by atoms with van der Waals surface area (Å²) in [5, 5.41) is 0. The summed E-state index contributed by atoms with van der Waals surface area (Å²) < 4.78 is 25.1. The molecule has 66 valence electrons. The Morgan fingerprint density at radius 2 is 1.83 bits per heavy atom. The smallest absolute Gasteiger partial charge is 0.123 e. The zero-order valence-corrected chi connectivity index (χ0v) is 6.63. The van der Waals surface area contributed by atoms with Crippen LogP contribution in [0.5, 0.6) is 0 Å². The first kappa shape index (κ1) is 9.13. The van der Waals surface area contributed by atoms with E-state index < -0.39 is 6.17 Å². The molecule has 0 heterocycles. The monoisotopic (exact) mass is 171 g/mol. The number of alkyl halides is 1. The van der Waals surface area contributed by atoms with Crippen LogP contribution in [0.3, 0.4) is 0 Å². The molecule has 0 saturated heterocycles. The molecule has 2 N–H and O–H groups in total. The van der Waals surface area contributed by atoms with Gasteiger partial charge in [-0.05, 0) is 17.7 Å². The van der Waals surface area contributed by atoms with E-state index in [1.165, 1.54) is 12.1 Å². The average molecular weight is 171 g/mol. The second-order valence-corrected chi connectivity index (χ2v) is 2.66. The molecular formula is C9H11F2N. The third-order valence-corrected chi connectivity index (χ3v) is 1.63. The van der Waals surface area contributed by atoms with Crippen LogP contribution in [0.2, 0.25) is 0 Å². The maximum atomic E-state index is 12.7. The Morgan fingerprint density at radius 3 is 2.33 bits per heavy atom. The zero-order chi connectivity index (χ0) is 8.97. The standard InChI is InChI=1S/C9H11F2N/c10-8-3-1-7(2-4-8)5-9(11)6-12/h1-4,9H,5-6,12H2/t9-/m0/s1. The molecule has 0 aliphatic heterocycles. The van der Waals surface area contributed by atoms with Crippen LogP contribution in [-0.4, -0.2) is 12.7 Å². The first-order chi connectivity index (χ1) is 5.72. The lowest BCUT2D eigenvalue weighted by molar-refractivity contribution is 0.340. The van der Waals surface area contributed by atoms with Crippen LogP contribution in [0.1, 0.15) is 5.56 Å². The van der Waals surface area contributed by atoms with Gasteiger partial charge < -0.3 is 5.73 Å². The molecule has 0 spiro atoms. The van der Waals surface area contributed by atoms with Gasteiger partial charge in [0, 0.05) is 13.0 Å². The topological polar surface area (TPSA) is 26.0 Å². The predicted octanol–water partition coefficient (Wildman–Crippen LogP) is 1.66. The maximum absolute atomic E-state index is 12.7. The van der Waals surface area contributed by atoms with E-state index in [1.807, 2.05) is 0 Å². The van der Waals surface area contributed by atoms with Crippen LogP contribution in [0.15, 0.2) is 24.3 Å². The number of hydrogen-bond acceptors (Lipinski definition) is 1. The first-order valence-electron chi connectivity index (χ1n) is 3.81. The Bertz CT molecular complexity index is 233. The summed E-state index contributed by atoms with van der Waals surface area (Å²) in [6.45, 7) is 0.0113. The lowest BCUT2D eigenvalue weighted by Crippen LogP contribution is -2.17. The van der Waals surface area contributed by atoms with Gasteiger partial charge in [0.15, 0.2) is 0 Å². The second-order valence-electron chi connectivity index (χ2n) is 2.66. The summed E-state index contributed by atoms with van der Waals surface area (Å²) in [6.07, 6.45) is -0.771. The molecular weight excluding hydrogens is 160 g/mol. The molecule has 0 unspecified atom stereocenters. The Labute approximate surface area is 70.2 Å². The summed E-state index contributed by atoms with van der Waals surface area (Å²) >= 11 is 0. The van der Waals surface area contributed by atoms with E-state index in [9.17, 15) is 8.78 Å². The van der Waals surface area contributed by atoms with Crippen molar-refractivity contribution >= 4 is 0 Å². The Kier molecular flexibility index (Phi) is 3.17. The van der Waals surface area contributed by atoms with E-state index in [1.54, 1.807) is 12.1 Å². The minimum absolute atomic E-state index is 0.0113. The van der Waals surface area contributed by atoms with Crippen LogP contribution < -0.4 is 5.73 Å². The van der Waals surface area contributed by atoms with Crippen molar-refractivity contribution in [3.63, 3.8) is 0 Å². The summed E-state index contributed by atoms with van der Waals surface area (Å²) in [4.78, 5) is 0. The Hall–Kier alpha value is -0.960. The van der Waals surface area contributed by atoms with Gasteiger partial charge in [-0.2, -0.15) is 0 Å². The van der Waals surface area contributed by atoms with Gasteiger partial charge in [0.2, 0.25) is 0 Å². The highest BCUT2D eigenvalue weighted by molar-refractivity contribution is 5.16. The lowest BCUT2D eigenvalue weighted by Gasteiger charge is -2.04. The maximum Gasteiger partial charge on any atom is 0.123 e. The molecule has 3 heteroatoms. The fraction of sp³-hybridized carbons (Fsp3) is 0.333. The van der Waals surface area contributed by atoms with Gasteiger partial charge in [-0.1, -0.05) is 12.1 Å². The average Bonchev–Trinajstić information content (AvgIpc) is 2.09. The molecule has 1 nitrogen and oxygen atoms in total. The predicted molar refractivity (Wildman–Crippen MR) is 44.1 cm³/mol. The number of rotatable bonds is 3. The summed E-state index contributed by atoms with van der Waals surface area (Å²) in [5.41, 5.74) is 5.87. The number of benzene rings is 1. The summed E-state index contributed by atoms with van der Waals surface area (Å²) in [5.74, 6) is -0.304. The van der Waals surface area contributed by atoms with Gasteiger partial charge in [-0.25, -0.2) is 8.78 Å². The van der Waals surface area contributed by atoms with E-state index in [2.05, 4.69) is 0 Å². The zero-order valence-electron chi connectivity index (χ0n) is 6.63. The van der Waals surface area contributed by atoms with Crippen molar-refractivity contribution in [3.05, 3.63) is 35.6 Å². The van der Waals surface area contributed by atoms with Crippen molar-refractivity contribution in [3.8, 4) is 0 Å². The fourth-order valence-corrected chi connectivity index (χ4v) is 0.960. The molecule has 12 heavy (non-hydrogen) atoms. The Balaban J connectivity index is 2.58. The highest BCUT2D eigenvalue weighted by Gasteiger charge is 2.04. The molecule has 0 aromatic heterocycles. The normalized spacial score (nSPS) is 12.9. The third-order valence-electron chi connectivity index (χ3n) is 1.63. The SMILES string of the molecule is NC[C@@H](F)Cc1ccc(F)cc1. The molecule has 0 saturated carbocycles. The summed E-state index contributed by atoms with van der Waals surface area (Å²) in [6, 6.07) is 5.77. The van der Waals surface area contributed by atoms with Gasteiger partial charge in [0.25, 0.3) is 0 Å². The fourth-order valence-electron chi connectivity index (χ4n) is 0.960. The van der Waals surface area contributed by atoms with E-state index in [0.29, 0.717) is 0 Å². The van der Waals surface area contributed by atoms with Crippen molar-refractivity contribution < 1.29 is 8.78 Å². The van der Waals surface area contributed by atoms with Crippen LogP contribution in [0.4, 0.5) is 8.78 Å². The van der Waals surface area contributed by atoms with Crippen molar-refractivity contribution in [1.29, 1.82) is 0 Å². The van der Waals surface area contributed by atoms with Crippen molar-refractivity contribution in [2.45, 2.75) is 12.6 Å². The van der Waals surface area contributed by atoms with E-state index in [-0.39, 0.29) is 18.8 Å². The van der Waals surface area contributed by atoms with E-state index in [0.717, 1.165) is 5.56 Å². The first-order valence-corrected chi connectivity index (χ1v) is 3.81. The van der Waals surface area contributed by atoms with Crippen LogP contribution >= 0.6 is 0 Å². The molecule has 0 bridgehead atoms. The molecule has 1 atom stereocenters. The second kappa shape index (κ2) is 4.16. The minimum atomic E-state index is -1.03. The molecule has 0 radical (unpaired) electrons.